The second-order valence-electron chi connectivity index (χ2n) is 4.87. The molecule has 0 fully saturated rings. The minimum Gasteiger partial charge on any atom is -0.464 e. The highest BCUT2D eigenvalue weighted by atomic mass is 35.6. The molecular weight excluding hydrogens is 427 g/mol. The van der Waals surface area contributed by atoms with Crippen molar-refractivity contribution in [2.24, 2.45) is 0 Å². The molecule has 2 aromatic carbocycles. The maximum absolute atomic E-state index is 12.1. The number of amides is 1. The zero-order valence-electron chi connectivity index (χ0n) is 12.6. The molecule has 1 amide bonds. The third-order valence-corrected chi connectivity index (χ3v) is 4.06. The maximum atomic E-state index is 12.1. The lowest BCUT2D eigenvalue weighted by atomic mass is 10.2. The summed E-state index contributed by atoms with van der Waals surface area (Å²) in [6, 6.07) is 13.8. The van der Waals surface area contributed by atoms with E-state index in [1.165, 1.54) is 18.2 Å². The number of nitrogens with one attached hydrogen (secondary N) is 1. The van der Waals surface area contributed by atoms with Crippen LogP contribution in [0.4, 0.5) is 0 Å². The summed E-state index contributed by atoms with van der Waals surface area (Å²) >= 11 is 29.5. The Bertz CT molecular complexity index is 759. The first kappa shape index (κ1) is 20.2. The van der Waals surface area contributed by atoms with Crippen molar-refractivity contribution in [3.05, 3.63) is 70.2 Å². The molecule has 1 atom stereocenters. The van der Waals surface area contributed by atoms with E-state index in [9.17, 15) is 4.79 Å². The van der Waals surface area contributed by atoms with Crippen LogP contribution in [0.1, 0.15) is 5.56 Å². The summed E-state index contributed by atoms with van der Waals surface area (Å²) < 4.78 is 3.62. The van der Waals surface area contributed by atoms with E-state index < -0.39 is 15.9 Å². The molecule has 0 radical (unpaired) electrons. The van der Waals surface area contributed by atoms with Gasteiger partial charge in [0.25, 0.3) is 0 Å². The second kappa shape index (κ2) is 9.02. The van der Waals surface area contributed by atoms with E-state index in [1.54, 1.807) is 12.1 Å². The summed E-state index contributed by atoms with van der Waals surface area (Å²) in [6.45, 7) is 0. The Labute approximate surface area is 170 Å². The number of carbonyl (C=O) groups excluding carboxylic acids is 1. The van der Waals surface area contributed by atoms with Crippen LogP contribution in [0.15, 0.2) is 54.6 Å². The van der Waals surface area contributed by atoms with Gasteiger partial charge >= 0.3 is 0 Å². The van der Waals surface area contributed by atoms with Crippen LogP contribution in [0.2, 0.25) is 10.0 Å². The van der Waals surface area contributed by atoms with Gasteiger partial charge in [-0.3, -0.25) is 4.79 Å². The van der Waals surface area contributed by atoms with Gasteiger partial charge in [-0.1, -0.05) is 88.3 Å². The monoisotopic (exact) mass is 437 g/mol. The summed E-state index contributed by atoms with van der Waals surface area (Å²) in [6.07, 6.45) is 1.68. The van der Waals surface area contributed by atoms with E-state index >= 15 is 0 Å². The predicted molar refractivity (Wildman–Crippen MR) is 105 cm³/mol. The van der Waals surface area contributed by atoms with Crippen LogP contribution in [-0.2, 0) is 4.79 Å². The molecule has 0 heterocycles. The molecule has 0 aromatic heterocycles. The van der Waals surface area contributed by atoms with Crippen LogP contribution in [0.3, 0.4) is 0 Å². The van der Waals surface area contributed by atoms with Gasteiger partial charge in [-0.15, -0.1) is 0 Å². The van der Waals surface area contributed by atoms with E-state index in [0.29, 0.717) is 5.02 Å². The minimum atomic E-state index is -1.92. The normalized spacial score (nSPS) is 12.8. The SMILES string of the molecule is O=C(/C=C/c1ccccc1)NC(Oc1ccc(Cl)cc1Cl)C(Cl)(Cl)Cl. The number of hydrogen-bond acceptors (Lipinski definition) is 2. The molecule has 2 aromatic rings. The van der Waals surface area contributed by atoms with Gasteiger partial charge < -0.3 is 10.1 Å². The van der Waals surface area contributed by atoms with Gasteiger partial charge in [0.15, 0.2) is 0 Å². The van der Waals surface area contributed by atoms with Crippen molar-refractivity contribution in [3.8, 4) is 5.75 Å². The average molecular weight is 440 g/mol. The standard InChI is InChI=1S/C17H12Cl5NO2/c18-12-7-8-14(13(19)10-12)25-16(17(20,21)22)23-15(24)9-6-11-4-2-1-3-5-11/h1-10,16H,(H,23,24)/b9-6+. The number of hydrogen-bond donors (Lipinski definition) is 1. The van der Waals surface area contributed by atoms with Gasteiger partial charge in [0.05, 0.1) is 5.02 Å². The van der Waals surface area contributed by atoms with Crippen molar-refractivity contribution in [2.45, 2.75) is 10.0 Å². The first-order valence-electron chi connectivity index (χ1n) is 6.98. The Morgan fingerprint density at radius 2 is 1.76 bits per heavy atom. The number of ether oxygens (including phenoxy) is 1. The highest BCUT2D eigenvalue weighted by molar-refractivity contribution is 6.68. The topological polar surface area (TPSA) is 38.3 Å². The number of halogens is 5. The fraction of sp³-hybridized carbons (Fsp3) is 0.118. The van der Waals surface area contributed by atoms with E-state index in [2.05, 4.69) is 5.32 Å². The molecule has 8 heteroatoms. The summed E-state index contributed by atoms with van der Waals surface area (Å²) in [5.41, 5.74) is 0.852. The smallest absolute Gasteiger partial charge is 0.246 e. The molecule has 3 nitrogen and oxygen atoms in total. The molecule has 0 aliphatic rings. The van der Waals surface area contributed by atoms with Crippen molar-refractivity contribution in [2.75, 3.05) is 0 Å². The number of benzene rings is 2. The molecule has 0 saturated heterocycles. The van der Waals surface area contributed by atoms with Crippen LogP contribution in [0.5, 0.6) is 5.75 Å². The van der Waals surface area contributed by atoms with E-state index in [4.69, 9.17) is 62.7 Å². The highest BCUT2D eigenvalue weighted by Gasteiger charge is 2.36. The lowest BCUT2D eigenvalue weighted by Crippen LogP contribution is -2.47. The second-order valence-corrected chi connectivity index (χ2v) is 8.08. The maximum Gasteiger partial charge on any atom is 0.246 e. The molecule has 2 rings (SSSR count). The zero-order chi connectivity index (χ0) is 18.4. The zero-order valence-corrected chi connectivity index (χ0v) is 16.3. The lowest BCUT2D eigenvalue weighted by Gasteiger charge is -2.26. The van der Waals surface area contributed by atoms with Crippen molar-refractivity contribution < 1.29 is 9.53 Å². The third-order valence-electron chi connectivity index (χ3n) is 2.94. The fourth-order valence-corrected chi connectivity index (χ4v) is 2.54. The molecular formula is C17H12Cl5NO2. The van der Waals surface area contributed by atoms with E-state index in [-0.39, 0.29) is 10.8 Å². The molecule has 0 aliphatic heterocycles. The predicted octanol–water partition coefficient (Wildman–Crippen LogP) is 5.90. The van der Waals surface area contributed by atoms with Gasteiger partial charge in [-0.05, 0) is 29.8 Å². The highest BCUT2D eigenvalue weighted by Crippen LogP contribution is 2.35. The summed E-state index contributed by atoms with van der Waals surface area (Å²) in [4.78, 5) is 12.1. The van der Waals surface area contributed by atoms with Crippen LogP contribution < -0.4 is 10.1 Å². The van der Waals surface area contributed by atoms with Crippen LogP contribution in [0, 0.1) is 0 Å². The van der Waals surface area contributed by atoms with Gasteiger partial charge in [-0.25, -0.2) is 0 Å². The van der Waals surface area contributed by atoms with Crippen molar-refractivity contribution in [1.82, 2.24) is 5.32 Å². The number of rotatable bonds is 5. The van der Waals surface area contributed by atoms with Gasteiger partial charge in [0, 0.05) is 11.1 Å². The Kier molecular flexibility index (Phi) is 7.29. The van der Waals surface area contributed by atoms with Gasteiger partial charge in [-0.2, -0.15) is 0 Å². The van der Waals surface area contributed by atoms with E-state index in [1.807, 2.05) is 30.3 Å². The molecule has 0 saturated carbocycles. The van der Waals surface area contributed by atoms with Crippen molar-refractivity contribution in [1.29, 1.82) is 0 Å². The van der Waals surface area contributed by atoms with Crippen LogP contribution >= 0.6 is 58.0 Å². The summed E-state index contributed by atoms with van der Waals surface area (Å²) in [5.74, 6) is -0.278. The largest absolute Gasteiger partial charge is 0.464 e. The first-order valence-corrected chi connectivity index (χ1v) is 8.87. The van der Waals surface area contributed by atoms with Crippen LogP contribution in [0.25, 0.3) is 6.08 Å². The lowest BCUT2D eigenvalue weighted by molar-refractivity contribution is -0.118. The van der Waals surface area contributed by atoms with Gasteiger partial charge in [0.1, 0.15) is 5.75 Å². The molecule has 0 aliphatic carbocycles. The molecule has 1 unspecified atom stereocenters. The molecule has 0 bridgehead atoms. The van der Waals surface area contributed by atoms with E-state index in [0.717, 1.165) is 5.56 Å². The molecule has 25 heavy (non-hydrogen) atoms. The van der Waals surface area contributed by atoms with Crippen molar-refractivity contribution >= 4 is 70.0 Å². The number of carbonyl (C=O) groups is 1. The summed E-state index contributed by atoms with van der Waals surface area (Å²) in [7, 11) is 0. The Hall–Kier alpha value is -1.10. The quantitative estimate of drug-likeness (QED) is 0.358. The third kappa shape index (κ3) is 6.61. The average Bonchev–Trinajstić information content (AvgIpc) is 2.54. The van der Waals surface area contributed by atoms with Gasteiger partial charge in [0.2, 0.25) is 15.9 Å². The Morgan fingerprint density at radius 1 is 1.08 bits per heavy atom. The minimum absolute atomic E-state index is 0.217. The Balaban J connectivity index is 2.10. The fourth-order valence-electron chi connectivity index (χ4n) is 1.79. The Morgan fingerprint density at radius 3 is 2.36 bits per heavy atom. The van der Waals surface area contributed by atoms with Crippen molar-refractivity contribution in [3.63, 3.8) is 0 Å². The first-order chi connectivity index (χ1) is 11.8. The molecule has 0 spiro atoms. The summed E-state index contributed by atoms with van der Waals surface area (Å²) in [5, 5.41) is 3.13. The molecule has 132 valence electrons. The van der Waals surface area contributed by atoms with Crippen LogP contribution in [-0.4, -0.2) is 15.9 Å². The number of alkyl halides is 3. The molecule has 1 N–H and O–H groups in total.